The molecule has 4 rings (SSSR count). The van der Waals surface area contributed by atoms with E-state index in [1.54, 1.807) is 36.4 Å². The van der Waals surface area contributed by atoms with Crippen molar-refractivity contribution in [3.8, 4) is 23.2 Å². The van der Waals surface area contributed by atoms with Gasteiger partial charge in [0, 0.05) is 30.3 Å². The molecule has 30 heavy (non-hydrogen) atoms. The molecule has 3 aromatic rings. The zero-order valence-electron chi connectivity index (χ0n) is 16.4. The molecular formula is C23H17FN4O2. The third kappa shape index (κ3) is 3.51. The van der Waals surface area contributed by atoms with Crippen LogP contribution in [0.4, 0.5) is 10.1 Å². The van der Waals surface area contributed by atoms with Crippen LogP contribution in [-0.2, 0) is 11.3 Å². The zero-order valence-corrected chi connectivity index (χ0v) is 16.4. The molecule has 0 unspecified atom stereocenters. The van der Waals surface area contributed by atoms with E-state index in [4.69, 9.17) is 4.74 Å². The zero-order chi connectivity index (χ0) is 21.3. The summed E-state index contributed by atoms with van der Waals surface area (Å²) in [7, 11) is 1.51. The summed E-state index contributed by atoms with van der Waals surface area (Å²) in [5.74, 6) is -0.295. The molecule has 148 valence electrons. The number of benzene rings is 1. The maximum absolute atomic E-state index is 14.9. The first-order valence-corrected chi connectivity index (χ1v) is 9.20. The molecule has 0 radical (unpaired) electrons. The summed E-state index contributed by atoms with van der Waals surface area (Å²) < 4.78 is 20.0. The van der Waals surface area contributed by atoms with Gasteiger partial charge in [-0.05, 0) is 35.9 Å². The van der Waals surface area contributed by atoms with Crippen molar-refractivity contribution in [2.45, 2.75) is 13.5 Å². The van der Waals surface area contributed by atoms with E-state index < -0.39 is 5.82 Å². The molecule has 0 atom stereocenters. The van der Waals surface area contributed by atoms with Gasteiger partial charge in [0.15, 0.2) is 0 Å². The van der Waals surface area contributed by atoms with Crippen molar-refractivity contribution in [1.29, 1.82) is 5.26 Å². The quantitative estimate of drug-likeness (QED) is 0.644. The van der Waals surface area contributed by atoms with E-state index in [1.165, 1.54) is 31.2 Å². The van der Waals surface area contributed by atoms with E-state index in [0.29, 0.717) is 34.0 Å². The summed E-state index contributed by atoms with van der Waals surface area (Å²) >= 11 is 0. The van der Waals surface area contributed by atoms with Gasteiger partial charge in [0.25, 0.3) is 0 Å². The number of nitrogens with zero attached hydrogens (tertiary/aromatic N) is 4. The monoisotopic (exact) mass is 400 g/mol. The average Bonchev–Trinajstić information content (AvgIpc) is 2.75. The van der Waals surface area contributed by atoms with Gasteiger partial charge >= 0.3 is 0 Å². The summed E-state index contributed by atoms with van der Waals surface area (Å²) in [6.07, 6.45) is 5.10. The van der Waals surface area contributed by atoms with Crippen LogP contribution in [-0.4, -0.2) is 23.0 Å². The maximum Gasteiger partial charge on any atom is 0.224 e. The average molecular weight is 400 g/mol. The second-order valence-electron chi connectivity index (χ2n) is 6.78. The van der Waals surface area contributed by atoms with E-state index in [-0.39, 0.29) is 18.1 Å². The minimum atomic E-state index is -0.510. The van der Waals surface area contributed by atoms with Crippen molar-refractivity contribution in [2.75, 3.05) is 12.0 Å². The van der Waals surface area contributed by atoms with Crippen LogP contribution in [0, 0.1) is 17.1 Å². The molecule has 0 N–H and O–H groups in total. The minimum absolute atomic E-state index is 0.141. The second-order valence-corrected chi connectivity index (χ2v) is 6.78. The second kappa shape index (κ2) is 7.76. The Bertz CT molecular complexity index is 1210. The SMILES string of the molecule is COc1ccc(-c2nc3c(cc2F)CN(C(C)=O)c2cc(C#N)ccc2C=C3)cn1. The highest BCUT2D eigenvalue weighted by molar-refractivity contribution is 5.95. The van der Waals surface area contributed by atoms with Crippen molar-refractivity contribution < 1.29 is 13.9 Å². The van der Waals surface area contributed by atoms with E-state index >= 15 is 0 Å². The van der Waals surface area contributed by atoms with E-state index in [0.717, 1.165) is 5.56 Å². The number of rotatable bonds is 2. The summed E-state index contributed by atoms with van der Waals surface area (Å²) in [5, 5.41) is 9.21. The first-order chi connectivity index (χ1) is 14.5. The fourth-order valence-corrected chi connectivity index (χ4v) is 3.35. The number of nitriles is 1. The Morgan fingerprint density at radius 1 is 1.23 bits per heavy atom. The van der Waals surface area contributed by atoms with Crippen LogP contribution in [0.25, 0.3) is 23.4 Å². The van der Waals surface area contributed by atoms with Gasteiger partial charge in [-0.3, -0.25) is 4.79 Å². The number of carbonyl (C=O) groups is 1. The molecule has 6 nitrogen and oxygen atoms in total. The Morgan fingerprint density at radius 2 is 2.07 bits per heavy atom. The Labute approximate surface area is 172 Å². The molecule has 0 bridgehead atoms. The first kappa shape index (κ1) is 19.3. The Balaban J connectivity index is 1.84. The van der Waals surface area contributed by atoms with Gasteiger partial charge in [-0.25, -0.2) is 14.4 Å². The van der Waals surface area contributed by atoms with Gasteiger partial charge in [-0.1, -0.05) is 12.1 Å². The Hall–Kier alpha value is -4.05. The lowest BCUT2D eigenvalue weighted by Crippen LogP contribution is -2.29. The number of amides is 1. The molecule has 0 spiro atoms. The van der Waals surface area contributed by atoms with Gasteiger partial charge in [0.1, 0.15) is 11.5 Å². The fraction of sp³-hybridized carbons (Fsp3) is 0.130. The number of ether oxygens (including phenoxy) is 1. The van der Waals surface area contributed by atoms with Crippen LogP contribution in [0.1, 0.15) is 29.3 Å². The highest BCUT2D eigenvalue weighted by Gasteiger charge is 2.21. The third-order valence-electron chi connectivity index (χ3n) is 4.89. The highest BCUT2D eigenvalue weighted by Crippen LogP contribution is 2.31. The lowest BCUT2D eigenvalue weighted by Gasteiger charge is -2.26. The summed E-state index contributed by atoms with van der Waals surface area (Å²) in [4.78, 5) is 22.5. The molecule has 3 heterocycles. The van der Waals surface area contributed by atoms with Crippen LogP contribution < -0.4 is 9.64 Å². The number of hydrogen-bond donors (Lipinski definition) is 0. The molecule has 1 aliphatic heterocycles. The Kier molecular flexibility index (Phi) is 4.98. The molecule has 1 aromatic carbocycles. The van der Waals surface area contributed by atoms with Gasteiger partial charge in [-0.15, -0.1) is 0 Å². The summed E-state index contributed by atoms with van der Waals surface area (Å²) in [5.41, 5.74) is 3.64. The van der Waals surface area contributed by atoms with Crippen molar-refractivity contribution >= 4 is 23.7 Å². The minimum Gasteiger partial charge on any atom is -0.481 e. The van der Waals surface area contributed by atoms with Crippen molar-refractivity contribution in [3.63, 3.8) is 0 Å². The van der Waals surface area contributed by atoms with E-state index in [9.17, 15) is 14.4 Å². The predicted molar refractivity (Wildman–Crippen MR) is 111 cm³/mol. The summed E-state index contributed by atoms with van der Waals surface area (Å²) in [6.45, 7) is 1.58. The van der Waals surface area contributed by atoms with Crippen LogP contribution in [0.3, 0.4) is 0 Å². The van der Waals surface area contributed by atoms with Gasteiger partial charge in [-0.2, -0.15) is 5.26 Å². The van der Waals surface area contributed by atoms with Crippen LogP contribution >= 0.6 is 0 Å². The van der Waals surface area contributed by atoms with Crippen LogP contribution in [0.5, 0.6) is 5.88 Å². The molecule has 0 saturated carbocycles. The predicted octanol–water partition coefficient (Wildman–Crippen LogP) is 4.20. The van der Waals surface area contributed by atoms with Crippen LogP contribution in [0.2, 0.25) is 0 Å². The lowest BCUT2D eigenvalue weighted by molar-refractivity contribution is -0.116. The molecule has 7 heteroatoms. The molecule has 1 aliphatic rings. The number of hydrogen-bond acceptors (Lipinski definition) is 5. The number of pyridine rings is 2. The molecular weight excluding hydrogens is 383 g/mol. The normalized spacial score (nSPS) is 12.3. The summed E-state index contributed by atoms with van der Waals surface area (Å²) in [6, 6.07) is 11.9. The standard InChI is InChI=1S/C23H17FN4O2/c1-14(29)28-13-18-10-19(24)23(17-6-8-22(30-2)26-12-17)27-20(18)7-5-16-4-3-15(11-25)9-21(16)28/h3-10,12H,13H2,1-2H3. The third-order valence-corrected chi connectivity index (χ3v) is 4.89. The number of anilines is 1. The van der Waals surface area contributed by atoms with Crippen molar-refractivity contribution in [3.05, 3.63) is 70.8 Å². The Morgan fingerprint density at radius 3 is 2.73 bits per heavy atom. The molecule has 0 aliphatic carbocycles. The van der Waals surface area contributed by atoms with Crippen molar-refractivity contribution in [1.82, 2.24) is 9.97 Å². The lowest BCUT2D eigenvalue weighted by atomic mass is 10.0. The van der Waals surface area contributed by atoms with E-state index in [2.05, 4.69) is 16.0 Å². The molecule has 0 fully saturated rings. The number of methoxy groups -OCH3 is 1. The van der Waals surface area contributed by atoms with Gasteiger partial charge in [0.05, 0.1) is 36.7 Å². The van der Waals surface area contributed by atoms with E-state index in [1.807, 2.05) is 6.08 Å². The van der Waals surface area contributed by atoms with Gasteiger partial charge in [0.2, 0.25) is 11.8 Å². The van der Waals surface area contributed by atoms with Crippen LogP contribution in [0.15, 0.2) is 42.6 Å². The first-order valence-electron chi connectivity index (χ1n) is 9.20. The fourth-order valence-electron chi connectivity index (χ4n) is 3.35. The number of fused-ring (bicyclic) bond motifs is 2. The topological polar surface area (TPSA) is 79.1 Å². The highest BCUT2D eigenvalue weighted by atomic mass is 19.1. The number of halogens is 1. The largest absolute Gasteiger partial charge is 0.481 e. The maximum atomic E-state index is 14.9. The molecule has 0 saturated heterocycles. The molecule has 1 amide bonds. The van der Waals surface area contributed by atoms with Crippen molar-refractivity contribution in [2.24, 2.45) is 0 Å². The smallest absolute Gasteiger partial charge is 0.224 e. The van der Waals surface area contributed by atoms with Gasteiger partial charge < -0.3 is 9.64 Å². The molecule has 2 aromatic heterocycles. The number of carbonyl (C=O) groups excluding carboxylic acids is 1. The number of aromatic nitrogens is 2.